The molecule has 7 nitrogen and oxygen atoms in total. The van der Waals surface area contributed by atoms with Gasteiger partial charge in [0.2, 0.25) is 5.91 Å². The number of aliphatic imine (C=N–C) groups is 1. The van der Waals surface area contributed by atoms with Crippen molar-refractivity contribution in [3.8, 4) is 0 Å². The Bertz CT molecular complexity index is 458. The minimum absolute atomic E-state index is 0. The second kappa shape index (κ2) is 11.3. The smallest absolute Gasteiger partial charge is 0.220 e. The van der Waals surface area contributed by atoms with Gasteiger partial charge in [-0.2, -0.15) is 0 Å². The number of guanidine groups is 1. The van der Waals surface area contributed by atoms with Crippen LogP contribution in [0.3, 0.4) is 0 Å². The summed E-state index contributed by atoms with van der Waals surface area (Å²) in [5.41, 5.74) is 0.0667. The van der Waals surface area contributed by atoms with Crippen LogP contribution in [0.25, 0.3) is 0 Å². The number of nitrogens with one attached hydrogen (secondary N) is 2. The molecule has 0 aromatic carbocycles. The first kappa shape index (κ1) is 23.4. The number of likely N-dealkylation sites (tertiary alicyclic amines) is 1. The van der Waals surface area contributed by atoms with E-state index in [2.05, 4.69) is 39.3 Å². The van der Waals surface area contributed by atoms with Gasteiger partial charge in [-0.1, -0.05) is 0 Å². The number of amides is 1. The minimum Gasteiger partial charge on any atom is -0.379 e. The van der Waals surface area contributed by atoms with E-state index in [1.54, 1.807) is 7.05 Å². The second-order valence-electron chi connectivity index (χ2n) is 7.62. The molecule has 2 rings (SSSR count). The van der Waals surface area contributed by atoms with Gasteiger partial charge in [0.05, 0.1) is 13.2 Å². The second-order valence-corrected chi connectivity index (χ2v) is 7.62. The molecule has 2 heterocycles. The van der Waals surface area contributed by atoms with E-state index in [1.807, 2.05) is 7.05 Å². The Balaban J connectivity index is 0.00000338. The Morgan fingerprint density at radius 1 is 1.19 bits per heavy atom. The number of morpholine rings is 1. The zero-order chi connectivity index (χ0) is 18.3. The molecule has 0 atom stereocenters. The van der Waals surface area contributed by atoms with Crippen molar-refractivity contribution >= 4 is 35.8 Å². The first-order chi connectivity index (χ1) is 12.0. The number of carbonyl (C=O) groups is 1. The van der Waals surface area contributed by atoms with Gasteiger partial charge in [0.1, 0.15) is 0 Å². The molecule has 152 valence electrons. The van der Waals surface area contributed by atoms with Gasteiger partial charge in [-0.15, -0.1) is 24.0 Å². The Kier molecular flexibility index (Phi) is 10.2. The maximum Gasteiger partial charge on any atom is 0.220 e. The van der Waals surface area contributed by atoms with Crippen LogP contribution in [-0.4, -0.2) is 87.2 Å². The summed E-state index contributed by atoms with van der Waals surface area (Å²) in [6.07, 6.45) is 2.72. The fourth-order valence-corrected chi connectivity index (χ4v) is 3.62. The number of piperidine rings is 1. The third-order valence-corrected chi connectivity index (χ3v) is 5.43. The molecule has 8 heteroatoms. The molecule has 0 aromatic rings. The lowest BCUT2D eigenvalue weighted by Crippen LogP contribution is -2.57. The number of carbonyl (C=O) groups excluding carboxylic acids is 1. The van der Waals surface area contributed by atoms with E-state index in [9.17, 15) is 4.79 Å². The largest absolute Gasteiger partial charge is 0.379 e. The predicted molar refractivity (Wildman–Crippen MR) is 116 cm³/mol. The molecule has 0 unspecified atom stereocenters. The molecule has 0 aliphatic carbocycles. The highest BCUT2D eigenvalue weighted by Crippen LogP contribution is 2.21. The fourth-order valence-electron chi connectivity index (χ4n) is 3.62. The number of hydrogen-bond acceptors (Lipinski definition) is 4. The van der Waals surface area contributed by atoms with Crippen molar-refractivity contribution in [2.24, 2.45) is 10.9 Å². The quantitative estimate of drug-likeness (QED) is 0.350. The molecule has 0 saturated carbocycles. The lowest BCUT2D eigenvalue weighted by molar-refractivity contribution is -0.121. The highest BCUT2D eigenvalue weighted by Gasteiger charge is 2.29. The third kappa shape index (κ3) is 6.84. The molecule has 1 amide bonds. The first-order valence-corrected chi connectivity index (χ1v) is 9.45. The van der Waals surface area contributed by atoms with Gasteiger partial charge in [0, 0.05) is 58.8 Å². The van der Waals surface area contributed by atoms with E-state index in [0.29, 0.717) is 12.3 Å². The Labute approximate surface area is 175 Å². The molecule has 2 saturated heterocycles. The van der Waals surface area contributed by atoms with Crippen LogP contribution in [0.5, 0.6) is 0 Å². The molecule has 0 spiro atoms. The molecule has 0 radical (unpaired) electrons. The Morgan fingerprint density at radius 2 is 1.81 bits per heavy atom. The predicted octanol–water partition coefficient (Wildman–Crippen LogP) is 1.14. The summed E-state index contributed by atoms with van der Waals surface area (Å²) >= 11 is 0. The van der Waals surface area contributed by atoms with Crippen LogP contribution < -0.4 is 10.6 Å². The number of hydrogen-bond donors (Lipinski definition) is 2. The van der Waals surface area contributed by atoms with Gasteiger partial charge >= 0.3 is 0 Å². The first-order valence-electron chi connectivity index (χ1n) is 9.45. The summed E-state index contributed by atoms with van der Waals surface area (Å²) in [6, 6.07) is 0. The maximum atomic E-state index is 11.5. The Morgan fingerprint density at radius 3 is 2.35 bits per heavy atom. The summed E-state index contributed by atoms with van der Waals surface area (Å²) in [6.45, 7) is 10.9. The summed E-state index contributed by atoms with van der Waals surface area (Å²) in [5, 5.41) is 6.28. The highest BCUT2D eigenvalue weighted by atomic mass is 127. The zero-order valence-electron chi connectivity index (χ0n) is 16.7. The van der Waals surface area contributed by atoms with Gasteiger partial charge in [0.15, 0.2) is 5.96 Å². The number of rotatable bonds is 5. The van der Waals surface area contributed by atoms with Crippen molar-refractivity contribution in [3.63, 3.8) is 0 Å². The van der Waals surface area contributed by atoms with E-state index in [4.69, 9.17) is 4.74 Å². The van der Waals surface area contributed by atoms with Crippen molar-refractivity contribution < 1.29 is 9.53 Å². The number of halogens is 1. The topological polar surface area (TPSA) is 69.2 Å². The summed E-state index contributed by atoms with van der Waals surface area (Å²) in [4.78, 5) is 20.8. The van der Waals surface area contributed by atoms with E-state index in [1.165, 1.54) is 0 Å². The standard InChI is InChI=1S/C18H35N5O2.HI/c1-18(2,23-9-11-25-12-10-23)14-21-17(20-4)22-7-5-15(6-8-22)13-16(24)19-3;/h15H,5-14H2,1-4H3,(H,19,24)(H,20,21);1H. The van der Waals surface area contributed by atoms with Crippen LogP contribution >= 0.6 is 24.0 Å². The summed E-state index contributed by atoms with van der Waals surface area (Å²) in [5.74, 6) is 1.60. The van der Waals surface area contributed by atoms with Crippen LogP contribution in [0.2, 0.25) is 0 Å². The van der Waals surface area contributed by atoms with Crippen molar-refractivity contribution in [2.75, 3.05) is 60.0 Å². The SMILES string of the molecule is CN=C(NCC(C)(C)N1CCOCC1)N1CCC(CC(=O)NC)CC1.I. The molecule has 26 heavy (non-hydrogen) atoms. The summed E-state index contributed by atoms with van der Waals surface area (Å²) < 4.78 is 5.46. The molecule has 2 aliphatic rings. The monoisotopic (exact) mass is 481 g/mol. The van der Waals surface area contributed by atoms with E-state index in [-0.39, 0.29) is 35.4 Å². The van der Waals surface area contributed by atoms with Crippen LogP contribution in [0.1, 0.15) is 33.1 Å². The van der Waals surface area contributed by atoms with Crippen LogP contribution in [0.15, 0.2) is 4.99 Å². The van der Waals surface area contributed by atoms with Crippen LogP contribution in [-0.2, 0) is 9.53 Å². The van der Waals surface area contributed by atoms with Gasteiger partial charge in [-0.25, -0.2) is 0 Å². The minimum atomic E-state index is 0. The van der Waals surface area contributed by atoms with Crippen molar-refractivity contribution in [1.29, 1.82) is 0 Å². The average Bonchev–Trinajstić information content (AvgIpc) is 2.64. The molecule has 2 N–H and O–H groups in total. The third-order valence-electron chi connectivity index (χ3n) is 5.43. The molecular formula is C18H36IN5O2. The lowest BCUT2D eigenvalue weighted by atomic mass is 9.93. The zero-order valence-corrected chi connectivity index (χ0v) is 19.0. The van der Waals surface area contributed by atoms with E-state index >= 15 is 0 Å². The molecular weight excluding hydrogens is 445 g/mol. The van der Waals surface area contributed by atoms with Crippen molar-refractivity contribution in [2.45, 2.75) is 38.6 Å². The molecule has 2 aliphatic heterocycles. The van der Waals surface area contributed by atoms with Gasteiger partial charge in [-0.3, -0.25) is 14.7 Å². The molecule has 0 aromatic heterocycles. The maximum absolute atomic E-state index is 11.5. The molecule has 2 fully saturated rings. The van der Waals surface area contributed by atoms with Gasteiger partial charge in [0.25, 0.3) is 0 Å². The lowest BCUT2D eigenvalue weighted by Gasteiger charge is -2.42. The van der Waals surface area contributed by atoms with Crippen LogP contribution in [0.4, 0.5) is 0 Å². The Hall–Kier alpha value is -0.610. The highest BCUT2D eigenvalue weighted by molar-refractivity contribution is 14.0. The van der Waals surface area contributed by atoms with Crippen molar-refractivity contribution in [1.82, 2.24) is 20.4 Å². The summed E-state index contributed by atoms with van der Waals surface area (Å²) in [7, 11) is 3.56. The number of ether oxygens (including phenoxy) is 1. The average molecular weight is 481 g/mol. The normalized spacial score (nSPS) is 20.5. The van der Waals surface area contributed by atoms with Gasteiger partial charge < -0.3 is 20.3 Å². The van der Waals surface area contributed by atoms with Crippen LogP contribution in [0, 0.1) is 5.92 Å². The number of nitrogens with zero attached hydrogens (tertiary/aromatic N) is 3. The van der Waals surface area contributed by atoms with E-state index < -0.39 is 0 Å². The van der Waals surface area contributed by atoms with E-state index in [0.717, 1.165) is 64.7 Å². The molecule has 0 bridgehead atoms. The van der Waals surface area contributed by atoms with Gasteiger partial charge in [-0.05, 0) is 32.6 Å². The van der Waals surface area contributed by atoms with Crippen molar-refractivity contribution in [3.05, 3.63) is 0 Å². The fraction of sp³-hybridized carbons (Fsp3) is 0.889.